The first-order chi connectivity index (χ1) is 15.6. The minimum atomic E-state index is -0.671. The summed E-state index contributed by atoms with van der Waals surface area (Å²) in [5.41, 5.74) is 1.16. The molecule has 2 aliphatic rings. The van der Waals surface area contributed by atoms with Gasteiger partial charge in [-0.1, -0.05) is 18.9 Å². The predicted octanol–water partition coefficient (Wildman–Crippen LogP) is 2.15. The normalized spacial score (nSPS) is 20.3. The van der Waals surface area contributed by atoms with Crippen molar-refractivity contribution in [1.29, 1.82) is 0 Å². The Morgan fingerprint density at radius 1 is 1.19 bits per heavy atom. The minimum absolute atomic E-state index is 0.292. The molecule has 0 spiro atoms. The fourth-order valence-electron chi connectivity index (χ4n) is 4.50. The summed E-state index contributed by atoms with van der Waals surface area (Å²) < 4.78 is 5.37. The Hall–Kier alpha value is -2.87. The van der Waals surface area contributed by atoms with Crippen LogP contribution in [0.4, 0.5) is 0 Å². The Balaban J connectivity index is 1.42. The molecule has 8 nitrogen and oxygen atoms in total. The monoisotopic (exact) mass is 440 g/mol. The number of rotatable bonds is 10. The van der Waals surface area contributed by atoms with Crippen molar-refractivity contribution in [3.8, 4) is 5.75 Å². The van der Waals surface area contributed by atoms with E-state index in [0.29, 0.717) is 36.1 Å². The summed E-state index contributed by atoms with van der Waals surface area (Å²) in [6, 6.07) is 6.09. The number of H-pyrrole nitrogens is 1. The quantitative estimate of drug-likeness (QED) is 0.423. The molecule has 1 saturated heterocycles. The average molecular weight is 441 g/mol. The molecule has 1 aromatic carbocycles. The molecule has 1 saturated carbocycles. The van der Waals surface area contributed by atoms with Crippen LogP contribution >= 0.6 is 0 Å². The number of methoxy groups -OCH3 is 1. The van der Waals surface area contributed by atoms with Crippen LogP contribution < -0.4 is 20.7 Å². The summed E-state index contributed by atoms with van der Waals surface area (Å²) >= 11 is 0. The Morgan fingerprint density at radius 3 is 2.72 bits per heavy atom. The molecule has 4 rings (SSSR count). The second-order valence-corrected chi connectivity index (χ2v) is 9.01. The van der Waals surface area contributed by atoms with Crippen molar-refractivity contribution >= 4 is 29.0 Å². The van der Waals surface area contributed by atoms with Crippen molar-refractivity contribution in [2.75, 3.05) is 20.2 Å². The Bertz CT molecular complexity index is 962. The van der Waals surface area contributed by atoms with E-state index >= 15 is 0 Å². The molecule has 0 unspecified atom stereocenters. The lowest BCUT2D eigenvalue weighted by atomic mass is 9.92. The number of amides is 2. The second-order valence-electron chi connectivity index (χ2n) is 9.01. The first kappa shape index (κ1) is 22.3. The molecule has 2 fully saturated rings. The van der Waals surface area contributed by atoms with E-state index in [-0.39, 0.29) is 11.8 Å². The summed E-state index contributed by atoms with van der Waals surface area (Å²) in [6.07, 6.45) is 6.28. The Labute approximate surface area is 187 Å². The van der Waals surface area contributed by atoms with Crippen molar-refractivity contribution in [3.05, 3.63) is 30.0 Å². The van der Waals surface area contributed by atoms with E-state index in [4.69, 9.17) is 4.74 Å². The van der Waals surface area contributed by atoms with Crippen molar-refractivity contribution in [2.24, 2.45) is 11.8 Å². The molecule has 0 radical (unpaired) electrons. The molecule has 1 aromatic heterocycles. The van der Waals surface area contributed by atoms with Crippen molar-refractivity contribution in [3.63, 3.8) is 0 Å². The second kappa shape index (κ2) is 10.2. The van der Waals surface area contributed by atoms with Gasteiger partial charge in [0.15, 0.2) is 0 Å². The number of benzene rings is 1. The van der Waals surface area contributed by atoms with Crippen molar-refractivity contribution in [2.45, 2.75) is 50.6 Å². The number of carbonyl (C=O) groups is 3. The molecule has 2 amide bonds. The largest absolute Gasteiger partial charge is 0.496 e. The number of aldehydes is 1. The van der Waals surface area contributed by atoms with Gasteiger partial charge in [0.1, 0.15) is 23.8 Å². The lowest BCUT2D eigenvalue weighted by molar-refractivity contribution is -0.126. The minimum Gasteiger partial charge on any atom is -0.496 e. The lowest BCUT2D eigenvalue weighted by Crippen LogP contribution is -2.51. The molecule has 2 heterocycles. The first-order valence-corrected chi connectivity index (χ1v) is 11.5. The van der Waals surface area contributed by atoms with Crippen LogP contribution in [0, 0.1) is 11.8 Å². The van der Waals surface area contributed by atoms with Crippen LogP contribution in [0.5, 0.6) is 5.75 Å². The number of fused-ring (bicyclic) bond motifs is 1. The smallest absolute Gasteiger partial charge is 0.268 e. The van der Waals surface area contributed by atoms with Gasteiger partial charge in [-0.05, 0) is 68.8 Å². The maximum Gasteiger partial charge on any atom is 0.268 e. The van der Waals surface area contributed by atoms with E-state index in [1.165, 1.54) is 0 Å². The number of hydrogen-bond acceptors (Lipinski definition) is 5. The molecule has 3 atom stereocenters. The number of aromatic amines is 1. The fraction of sp³-hybridized carbons (Fsp3) is 0.542. The van der Waals surface area contributed by atoms with E-state index in [1.54, 1.807) is 13.2 Å². The molecule has 1 aliphatic heterocycles. The van der Waals surface area contributed by atoms with E-state index in [1.807, 2.05) is 18.2 Å². The highest BCUT2D eigenvalue weighted by atomic mass is 16.5. The zero-order valence-corrected chi connectivity index (χ0v) is 18.5. The van der Waals surface area contributed by atoms with Gasteiger partial charge in [-0.15, -0.1) is 0 Å². The zero-order chi connectivity index (χ0) is 22.5. The van der Waals surface area contributed by atoms with Gasteiger partial charge < -0.3 is 30.5 Å². The van der Waals surface area contributed by atoms with E-state index in [2.05, 4.69) is 20.9 Å². The summed E-state index contributed by atoms with van der Waals surface area (Å²) in [4.78, 5) is 40.7. The number of carbonyl (C=O) groups excluding carboxylic acids is 3. The van der Waals surface area contributed by atoms with Gasteiger partial charge in [-0.3, -0.25) is 9.59 Å². The number of nitrogens with one attached hydrogen (secondary N) is 4. The fourth-order valence-corrected chi connectivity index (χ4v) is 4.50. The standard InChI is InChI=1S/C24H32N4O4/c1-32-22-6-2-5-19-18(22)12-21(27-19)24(31)28-20(11-15-7-8-15)23(30)26-17(14-29)10-16-4-3-9-25-13-16/h2,5-6,12,14-17,20,25,27H,3-4,7-11,13H2,1H3,(H,26,30)(H,28,31)/t16-,17-,20-/m0/s1. The van der Waals surface area contributed by atoms with Gasteiger partial charge in [-0.25, -0.2) is 0 Å². The van der Waals surface area contributed by atoms with E-state index < -0.39 is 12.1 Å². The maximum atomic E-state index is 13.0. The molecule has 1 aliphatic carbocycles. The van der Waals surface area contributed by atoms with Crippen LogP contribution in [-0.4, -0.2) is 55.4 Å². The highest BCUT2D eigenvalue weighted by molar-refractivity contribution is 6.01. The topological polar surface area (TPSA) is 112 Å². The number of ether oxygens (including phenoxy) is 1. The van der Waals surface area contributed by atoms with E-state index in [9.17, 15) is 14.4 Å². The van der Waals surface area contributed by atoms with Gasteiger partial charge in [-0.2, -0.15) is 0 Å². The molecule has 32 heavy (non-hydrogen) atoms. The van der Waals surface area contributed by atoms with Gasteiger partial charge >= 0.3 is 0 Å². The predicted molar refractivity (Wildman–Crippen MR) is 122 cm³/mol. The zero-order valence-electron chi connectivity index (χ0n) is 18.5. The van der Waals surface area contributed by atoms with Gasteiger partial charge in [0, 0.05) is 10.9 Å². The molecule has 172 valence electrons. The number of hydrogen-bond donors (Lipinski definition) is 4. The molecule has 2 aromatic rings. The van der Waals surface area contributed by atoms with Crippen LogP contribution in [0.25, 0.3) is 10.9 Å². The SMILES string of the molecule is COc1cccc2[nH]c(C(=O)N[C@@H](CC3CC3)C(=O)N[C@H](C=O)C[C@@H]3CCCNC3)cc12. The highest BCUT2D eigenvalue weighted by Crippen LogP contribution is 2.34. The molecular formula is C24H32N4O4. The van der Waals surface area contributed by atoms with Crippen molar-refractivity contribution in [1.82, 2.24) is 20.9 Å². The van der Waals surface area contributed by atoms with Crippen LogP contribution in [0.2, 0.25) is 0 Å². The van der Waals surface area contributed by atoms with Crippen LogP contribution in [0.15, 0.2) is 24.3 Å². The van der Waals surface area contributed by atoms with Crippen LogP contribution in [0.1, 0.15) is 49.0 Å². The maximum absolute atomic E-state index is 13.0. The Kier molecular flexibility index (Phi) is 7.09. The summed E-state index contributed by atoms with van der Waals surface area (Å²) in [7, 11) is 1.59. The number of aromatic nitrogens is 1. The van der Waals surface area contributed by atoms with Gasteiger partial charge in [0.25, 0.3) is 5.91 Å². The van der Waals surface area contributed by atoms with Crippen LogP contribution in [-0.2, 0) is 9.59 Å². The molecule has 4 N–H and O–H groups in total. The Morgan fingerprint density at radius 2 is 2.03 bits per heavy atom. The summed E-state index contributed by atoms with van der Waals surface area (Å²) in [5.74, 6) is 0.849. The molecule has 8 heteroatoms. The molecule has 0 bridgehead atoms. The van der Waals surface area contributed by atoms with Gasteiger partial charge in [0.05, 0.1) is 13.2 Å². The van der Waals surface area contributed by atoms with Gasteiger partial charge in [0.2, 0.25) is 5.91 Å². The van der Waals surface area contributed by atoms with E-state index in [0.717, 1.165) is 56.0 Å². The number of piperidine rings is 1. The van der Waals surface area contributed by atoms with Crippen LogP contribution in [0.3, 0.4) is 0 Å². The molecular weight excluding hydrogens is 408 g/mol. The highest BCUT2D eigenvalue weighted by Gasteiger charge is 2.32. The average Bonchev–Trinajstić information content (AvgIpc) is 3.52. The summed E-state index contributed by atoms with van der Waals surface area (Å²) in [5, 5.41) is 9.90. The van der Waals surface area contributed by atoms with Crippen molar-refractivity contribution < 1.29 is 19.1 Å². The first-order valence-electron chi connectivity index (χ1n) is 11.5. The third-order valence-electron chi connectivity index (χ3n) is 6.45. The third-order valence-corrected chi connectivity index (χ3v) is 6.45. The third kappa shape index (κ3) is 5.48. The lowest BCUT2D eigenvalue weighted by Gasteiger charge is -2.26. The summed E-state index contributed by atoms with van der Waals surface area (Å²) in [6.45, 7) is 1.87.